The first kappa shape index (κ1) is 22.2. The minimum absolute atomic E-state index is 0.361. The van der Waals surface area contributed by atoms with E-state index in [1.165, 1.54) is 0 Å². The second-order valence-electron chi connectivity index (χ2n) is 4.43. The zero-order chi connectivity index (χ0) is 18.9. The lowest BCUT2D eigenvalue weighted by Crippen LogP contribution is -2.16. The summed E-state index contributed by atoms with van der Waals surface area (Å²) in [5.41, 5.74) is 0. The lowest BCUT2D eigenvalue weighted by molar-refractivity contribution is -0.159. The summed E-state index contributed by atoms with van der Waals surface area (Å²) in [6.45, 7) is 2.71. The number of para-hydroxylation sites is 2. The molecule has 0 aliphatic rings. The molecule has 1 rings (SSSR count). The quantitative estimate of drug-likeness (QED) is 0.358. The van der Waals surface area contributed by atoms with E-state index in [2.05, 4.69) is 17.2 Å². The van der Waals surface area contributed by atoms with E-state index in [0.29, 0.717) is 18.9 Å². The Morgan fingerprint density at radius 3 is 2.28 bits per heavy atom. The van der Waals surface area contributed by atoms with E-state index in [-0.39, 0.29) is 0 Å². The Labute approximate surface area is 146 Å². The van der Waals surface area contributed by atoms with E-state index in [1.807, 2.05) is 24.3 Å². The molecule has 0 aromatic heterocycles. The van der Waals surface area contributed by atoms with E-state index in [9.17, 15) is 0 Å². The van der Waals surface area contributed by atoms with E-state index in [0.717, 1.165) is 25.3 Å². The molecular weight excluding hydrogens is 330 g/mol. The van der Waals surface area contributed by atoms with Gasteiger partial charge in [-0.2, -0.15) is 0 Å². The third-order valence-corrected chi connectivity index (χ3v) is 2.59. The number of hydrogen-bond donors (Lipinski definition) is 3. The van der Waals surface area contributed by atoms with Crippen LogP contribution in [0.2, 0.25) is 0 Å². The number of carbonyl (C=O) groups is 2. The summed E-state index contributed by atoms with van der Waals surface area (Å²) in [5, 5.41) is 18.0. The standard InChI is InChI=1S/C15H21NO3.C2H2O4/c1-17-12-7-11-16-10-5-6-13-19-15-9-4-3-8-14(15)18-2;3-1(4)2(5)6/h3-4,8-9,16H,7,10-13H2,1-2H3;(H,3,4)(H,5,6). The summed E-state index contributed by atoms with van der Waals surface area (Å²) < 4.78 is 15.7. The molecule has 138 valence electrons. The topological polar surface area (TPSA) is 114 Å². The average molecular weight is 353 g/mol. The van der Waals surface area contributed by atoms with Crippen LogP contribution >= 0.6 is 0 Å². The van der Waals surface area contributed by atoms with Crippen LogP contribution in [-0.4, -0.2) is 62.7 Å². The SMILES string of the molecule is COCCCNCC#CCOc1ccccc1OC.O=C(O)C(=O)O. The Morgan fingerprint density at radius 2 is 1.72 bits per heavy atom. The van der Waals surface area contributed by atoms with E-state index >= 15 is 0 Å². The molecule has 0 spiro atoms. The van der Waals surface area contributed by atoms with Gasteiger partial charge < -0.3 is 29.7 Å². The first-order valence-corrected chi connectivity index (χ1v) is 7.40. The van der Waals surface area contributed by atoms with Gasteiger partial charge in [-0.1, -0.05) is 24.0 Å². The highest BCUT2D eigenvalue weighted by molar-refractivity contribution is 6.27. The first-order chi connectivity index (χ1) is 12.0. The van der Waals surface area contributed by atoms with Crippen molar-refractivity contribution in [1.29, 1.82) is 0 Å². The summed E-state index contributed by atoms with van der Waals surface area (Å²) in [6, 6.07) is 7.54. The molecule has 0 aliphatic carbocycles. The van der Waals surface area contributed by atoms with Crippen LogP contribution in [0.15, 0.2) is 24.3 Å². The lowest BCUT2D eigenvalue weighted by atomic mass is 10.3. The van der Waals surface area contributed by atoms with Gasteiger partial charge in [-0.05, 0) is 25.1 Å². The van der Waals surface area contributed by atoms with Gasteiger partial charge >= 0.3 is 11.9 Å². The first-order valence-electron chi connectivity index (χ1n) is 7.40. The van der Waals surface area contributed by atoms with Gasteiger partial charge in [0.25, 0.3) is 0 Å². The van der Waals surface area contributed by atoms with Gasteiger partial charge in [0.15, 0.2) is 11.5 Å². The molecule has 0 radical (unpaired) electrons. The maximum absolute atomic E-state index is 9.10. The molecule has 1 aromatic carbocycles. The minimum atomic E-state index is -1.82. The lowest BCUT2D eigenvalue weighted by Gasteiger charge is -2.07. The number of nitrogens with one attached hydrogen (secondary N) is 1. The van der Waals surface area contributed by atoms with E-state index in [4.69, 9.17) is 34.0 Å². The maximum atomic E-state index is 9.10. The van der Waals surface area contributed by atoms with Crippen molar-refractivity contribution in [2.24, 2.45) is 0 Å². The summed E-state index contributed by atoms with van der Waals surface area (Å²) in [6.07, 6.45) is 0.996. The Balaban J connectivity index is 0.000000823. The van der Waals surface area contributed by atoms with Crippen molar-refractivity contribution < 1.29 is 34.0 Å². The molecule has 0 saturated carbocycles. The highest BCUT2D eigenvalue weighted by Crippen LogP contribution is 2.25. The van der Waals surface area contributed by atoms with Gasteiger partial charge in [0, 0.05) is 13.7 Å². The smallest absolute Gasteiger partial charge is 0.414 e. The van der Waals surface area contributed by atoms with Gasteiger partial charge in [-0.15, -0.1) is 0 Å². The van der Waals surface area contributed by atoms with E-state index < -0.39 is 11.9 Å². The Hall–Kier alpha value is -2.76. The van der Waals surface area contributed by atoms with Gasteiger partial charge in [-0.3, -0.25) is 0 Å². The third kappa shape index (κ3) is 12.3. The van der Waals surface area contributed by atoms with Crippen LogP contribution in [0.3, 0.4) is 0 Å². The fourth-order valence-corrected chi connectivity index (χ4v) is 1.46. The Morgan fingerprint density at radius 1 is 1.08 bits per heavy atom. The number of rotatable bonds is 8. The predicted molar refractivity (Wildman–Crippen MR) is 90.9 cm³/mol. The summed E-state index contributed by atoms with van der Waals surface area (Å²) in [7, 11) is 3.33. The van der Waals surface area contributed by atoms with Gasteiger partial charge in [-0.25, -0.2) is 9.59 Å². The molecule has 0 aliphatic heterocycles. The highest BCUT2D eigenvalue weighted by Gasteiger charge is 2.04. The molecule has 8 nitrogen and oxygen atoms in total. The fourth-order valence-electron chi connectivity index (χ4n) is 1.46. The third-order valence-electron chi connectivity index (χ3n) is 2.59. The van der Waals surface area contributed by atoms with E-state index in [1.54, 1.807) is 14.2 Å². The van der Waals surface area contributed by atoms with Gasteiger partial charge in [0.05, 0.1) is 13.7 Å². The summed E-state index contributed by atoms with van der Waals surface area (Å²) in [5.74, 6) is 3.75. The monoisotopic (exact) mass is 353 g/mol. The second kappa shape index (κ2) is 14.8. The van der Waals surface area contributed by atoms with Crippen LogP contribution in [0.1, 0.15) is 6.42 Å². The zero-order valence-electron chi connectivity index (χ0n) is 14.3. The maximum Gasteiger partial charge on any atom is 0.414 e. The number of hydrogen-bond acceptors (Lipinski definition) is 6. The fraction of sp³-hybridized carbons (Fsp3) is 0.412. The minimum Gasteiger partial charge on any atom is -0.493 e. The zero-order valence-corrected chi connectivity index (χ0v) is 14.3. The van der Waals surface area contributed by atoms with Crippen molar-refractivity contribution in [3.63, 3.8) is 0 Å². The molecule has 0 unspecified atom stereocenters. The number of aliphatic carboxylic acids is 2. The normalized spacial score (nSPS) is 9.04. The van der Waals surface area contributed by atoms with Crippen molar-refractivity contribution in [1.82, 2.24) is 5.32 Å². The van der Waals surface area contributed by atoms with Crippen molar-refractivity contribution in [3.05, 3.63) is 24.3 Å². The number of carboxylic acid groups (broad SMARTS) is 2. The van der Waals surface area contributed by atoms with Crippen LogP contribution in [-0.2, 0) is 14.3 Å². The number of methoxy groups -OCH3 is 2. The molecule has 0 amide bonds. The van der Waals surface area contributed by atoms with Crippen LogP contribution < -0.4 is 14.8 Å². The largest absolute Gasteiger partial charge is 0.493 e. The van der Waals surface area contributed by atoms with Crippen molar-refractivity contribution in [3.8, 4) is 23.3 Å². The second-order valence-corrected chi connectivity index (χ2v) is 4.43. The molecule has 0 fully saturated rings. The van der Waals surface area contributed by atoms with Crippen LogP contribution in [0.25, 0.3) is 0 Å². The van der Waals surface area contributed by atoms with Gasteiger partial charge in [0.1, 0.15) is 6.61 Å². The van der Waals surface area contributed by atoms with Crippen molar-refractivity contribution in [2.75, 3.05) is 40.5 Å². The summed E-state index contributed by atoms with van der Waals surface area (Å²) in [4.78, 5) is 18.2. The van der Waals surface area contributed by atoms with Crippen LogP contribution in [0, 0.1) is 11.8 Å². The Kier molecular flexibility index (Phi) is 13.2. The number of benzene rings is 1. The van der Waals surface area contributed by atoms with Crippen molar-refractivity contribution in [2.45, 2.75) is 6.42 Å². The van der Waals surface area contributed by atoms with Gasteiger partial charge in [0.2, 0.25) is 0 Å². The highest BCUT2D eigenvalue weighted by atomic mass is 16.5. The van der Waals surface area contributed by atoms with Crippen molar-refractivity contribution >= 4 is 11.9 Å². The molecule has 0 bridgehead atoms. The molecule has 0 heterocycles. The van der Waals surface area contributed by atoms with Crippen LogP contribution in [0.4, 0.5) is 0 Å². The number of ether oxygens (including phenoxy) is 3. The van der Waals surface area contributed by atoms with Crippen LogP contribution in [0.5, 0.6) is 11.5 Å². The molecule has 1 aromatic rings. The average Bonchev–Trinajstić information content (AvgIpc) is 2.61. The molecule has 0 atom stereocenters. The number of carboxylic acids is 2. The molecule has 3 N–H and O–H groups in total. The molecular formula is C17H23NO7. The molecule has 25 heavy (non-hydrogen) atoms. The predicted octanol–water partition coefficient (Wildman–Crippen LogP) is 0.859. The summed E-state index contributed by atoms with van der Waals surface area (Å²) >= 11 is 0. The molecule has 0 saturated heterocycles. The molecule has 8 heteroatoms. The Bertz CT molecular complexity index is 566.